The lowest BCUT2D eigenvalue weighted by molar-refractivity contribution is 0.542. The van der Waals surface area contributed by atoms with Gasteiger partial charge in [-0.05, 0) is 31.4 Å². The van der Waals surface area contributed by atoms with Crippen LogP contribution in [0, 0.1) is 0 Å². The van der Waals surface area contributed by atoms with Crippen molar-refractivity contribution in [1.29, 1.82) is 0 Å². The summed E-state index contributed by atoms with van der Waals surface area (Å²) in [7, 11) is -0.988. The third kappa shape index (κ3) is 4.15. The first kappa shape index (κ1) is 13.5. The molecule has 1 aromatic heterocycles. The van der Waals surface area contributed by atoms with Crippen molar-refractivity contribution in [2.45, 2.75) is 25.8 Å². The van der Waals surface area contributed by atoms with Gasteiger partial charge in [0.15, 0.2) is 0 Å². The molecule has 1 rings (SSSR count). The van der Waals surface area contributed by atoms with E-state index in [1.807, 2.05) is 7.05 Å². The van der Waals surface area contributed by atoms with Gasteiger partial charge in [-0.3, -0.25) is 0 Å². The van der Waals surface area contributed by atoms with Gasteiger partial charge in [0.25, 0.3) is 0 Å². The quantitative estimate of drug-likeness (QED) is 0.795. The Kier molecular flexibility index (Phi) is 5.30. The fraction of sp³-hybridized carbons (Fsp3) is 0.778. The van der Waals surface area contributed by atoms with E-state index in [0.29, 0.717) is 6.42 Å². The lowest BCUT2D eigenvalue weighted by Gasteiger charge is -2.12. The van der Waals surface area contributed by atoms with Crippen molar-refractivity contribution in [1.82, 2.24) is 14.9 Å². The number of nitrogens with one attached hydrogen (secondary N) is 1. The number of rotatable bonds is 7. The number of hydrogen-bond donors (Lipinski definition) is 1. The van der Waals surface area contributed by atoms with Gasteiger partial charge in [-0.1, -0.05) is 11.4 Å². The molecule has 0 aromatic carbocycles. The van der Waals surface area contributed by atoms with Gasteiger partial charge in [0, 0.05) is 11.8 Å². The van der Waals surface area contributed by atoms with Gasteiger partial charge in [-0.15, -0.1) is 5.10 Å². The molecular formula is C9H17N3O2S2. The topological polar surface area (TPSA) is 72.0 Å². The van der Waals surface area contributed by atoms with Gasteiger partial charge in [-0.2, -0.15) is 0 Å². The minimum atomic E-state index is -2.85. The van der Waals surface area contributed by atoms with Crippen LogP contribution >= 0.6 is 11.5 Å². The molecule has 0 amide bonds. The van der Waals surface area contributed by atoms with Crippen molar-refractivity contribution in [3.05, 3.63) is 11.1 Å². The van der Waals surface area contributed by atoms with E-state index in [-0.39, 0.29) is 17.5 Å². The Morgan fingerprint density at radius 2 is 2.31 bits per heavy atom. The van der Waals surface area contributed by atoms with Crippen molar-refractivity contribution in [2.75, 3.05) is 18.6 Å². The molecular weight excluding hydrogens is 246 g/mol. The molecule has 0 aliphatic carbocycles. The Labute approximate surface area is 100 Å². The average Bonchev–Trinajstić information content (AvgIpc) is 2.78. The van der Waals surface area contributed by atoms with Crippen LogP contribution in [0.3, 0.4) is 0 Å². The molecule has 1 aromatic rings. The highest BCUT2D eigenvalue weighted by Gasteiger charge is 2.13. The summed E-state index contributed by atoms with van der Waals surface area (Å²) in [6.45, 7) is 1.68. The third-order valence-corrected chi connectivity index (χ3v) is 5.03. The molecule has 1 unspecified atom stereocenters. The Balaban J connectivity index is 2.42. The number of sulfone groups is 1. The Morgan fingerprint density at radius 3 is 2.81 bits per heavy atom. The van der Waals surface area contributed by atoms with E-state index in [9.17, 15) is 8.42 Å². The summed E-state index contributed by atoms with van der Waals surface area (Å²) in [4.78, 5) is 1.05. The van der Waals surface area contributed by atoms with E-state index in [0.717, 1.165) is 11.3 Å². The molecule has 92 valence electrons. The standard InChI is InChI=1S/C9H17N3O2S2/c1-3-16(13,14)6-4-5-8(10-2)9-7-11-12-15-9/h7-8,10H,3-6H2,1-2H3. The van der Waals surface area contributed by atoms with E-state index in [1.165, 1.54) is 11.5 Å². The van der Waals surface area contributed by atoms with Gasteiger partial charge in [0.1, 0.15) is 9.84 Å². The first-order chi connectivity index (χ1) is 7.59. The molecule has 5 nitrogen and oxygen atoms in total. The molecule has 1 heterocycles. The first-order valence-electron chi connectivity index (χ1n) is 5.24. The maximum atomic E-state index is 11.3. The molecule has 0 fully saturated rings. The summed E-state index contributed by atoms with van der Waals surface area (Å²) < 4.78 is 26.4. The van der Waals surface area contributed by atoms with Crippen LogP contribution in [0.4, 0.5) is 0 Å². The zero-order chi connectivity index (χ0) is 12.0. The minimum absolute atomic E-state index is 0.159. The van der Waals surface area contributed by atoms with Gasteiger partial charge in [0.2, 0.25) is 0 Å². The van der Waals surface area contributed by atoms with Crippen LogP contribution < -0.4 is 5.32 Å². The molecule has 0 radical (unpaired) electrons. The Bertz CT molecular complexity index is 389. The predicted octanol–water partition coefficient (Wildman–Crippen LogP) is 1.01. The first-order valence-corrected chi connectivity index (χ1v) is 7.83. The Morgan fingerprint density at radius 1 is 1.56 bits per heavy atom. The zero-order valence-corrected chi connectivity index (χ0v) is 11.1. The van der Waals surface area contributed by atoms with E-state index in [4.69, 9.17) is 0 Å². The van der Waals surface area contributed by atoms with Gasteiger partial charge in [-0.25, -0.2) is 8.42 Å². The average molecular weight is 263 g/mol. The summed E-state index contributed by atoms with van der Waals surface area (Å²) in [5, 5.41) is 6.92. The van der Waals surface area contributed by atoms with E-state index < -0.39 is 9.84 Å². The SMILES string of the molecule is CCS(=O)(=O)CCCC(NC)c1cnns1. The van der Waals surface area contributed by atoms with E-state index >= 15 is 0 Å². The largest absolute Gasteiger partial charge is 0.312 e. The molecule has 0 saturated heterocycles. The van der Waals surface area contributed by atoms with Gasteiger partial charge >= 0.3 is 0 Å². The van der Waals surface area contributed by atoms with Gasteiger partial charge in [0.05, 0.1) is 16.8 Å². The van der Waals surface area contributed by atoms with Crippen LogP contribution in [-0.2, 0) is 9.84 Å². The van der Waals surface area contributed by atoms with Gasteiger partial charge < -0.3 is 5.32 Å². The van der Waals surface area contributed by atoms with Crippen LogP contribution in [0.15, 0.2) is 6.20 Å². The monoisotopic (exact) mass is 263 g/mol. The zero-order valence-electron chi connectivity index (χ0n) is 9.51. The minimum Gasteiger partial charge on any atom is -0.312 e. The smallest absolute Gasteiger partial charge is 0.150 e. The molecule has 0 aliphatic heterocycles. The highest BCUT2D eigenvalue weighted by Crippen LogP contribution is 2.20. The van der Waals surface area contributed by atoms with Crippen molar-refractivity contribution >= 4 is 21.4 Å². The lowest BCUT2D eigenvalue weighted by atomic mass is 10.1. The second kappa shape index (κ2) is 6.27. The molecule has 0 saturated carbocycles. The van der Waals surface area contributed by atoms with E-state index in [1.54, 1.807) is 13.1 Å². The van der Waals surface area contributed by atoms with E-state index in [2.05, 4.69) is 14.9 Å². The second-order valence-electron chi connectivity index (χ2n) is 3.54. The number of aromatic nitrogens is 2. The predicted molar refractivity (Wildman–Crippen MR) is 65.3 cm³/mol. The van der Waals surface area contributed by atoms with Crippen LogP contribution in [0.5, 0.6) is 0 Å². The molecule has 16 heavy (non-hydrogen) atoms. The van der Waals surface area contributed by atoms with Crippen LogP contribution in [0.25, 0.3) is 0 Å². The maximum Gasteiger partial charge on any atom is 0.150 e. The van der Waals surface area contributed by atoms with Crippen LogP contribution in [0.2, 0.25) is 0 Å². The molecule has 1 N–H and O–H groups in total. The molecule has 0 aliphatic rings. The summed E-state index contributed by atoms with van der Waals surface area (Å²) in [5.41, 5.74) is 0. The van der Waals surface area contributed by atoms with Crippen molar-refractivity contribution < 1.29 is 8.42 Å². The number of nitrogens with zero attached hydrogens (tertiary/aromatic N) is 2. The normalized spacial score (nSPS) is 13.9. The fourth-order valence-electron chi connectivity index (χ4n) is 1.41. The summed E-state index contributed by atoms with van der Waals surface area (Å²) in [6, 6.07) is 0.159. The highest BCUT2D eigenvalue weighted by molar-refractivity contribution is 7.91. The highest BCUT2D eigenvalue weighted by atomic mass is 32.2. The summed E-state index contributed by atoms with van der Waals surface area (Å²) >= 11 is 1.35. The van der Waals surface area contributed by atoms with Crippen LogP contribution in [0.1, 0.15) is 30.7 Å². The molecule has 1 atom stereocenters. The molecule has 0 bridgehead atoms. The third-order valence-electron chi connectivity index (χ3n) is 2.46. The van der Waals surface area contributed by atoms with Crippen molar-refractivity contribution in [2.24, 2.45) is 0 Å². The maximum absolute atomic E-state index is 11.3. The fourth-order valence-corrected chi connectivity index (χ4v) is 2.95. The lowest BCUT2D eigenvalue weighted by Crippen LogP contribution is -2.17. The number of hydrogen-bond acceptors (Lipinski definition) is 6. The van der Waals surface area contributed by atoms with Crippen molar-refractivity contribution in [3.63, 3.8) is 0 Å². The molecule has 0 spiro atoms. The summed E-state index contributed by atoms with van der Waals surface area (Å²) in [5.74, 6) is 0.479. The van der Waals surface area contributed by atoms with Crippen molar-refractivity contribution in [3.8, 4) is 0 Å². The molecule has 7 heteroatoms. The Hall–Kier alpha value is -0.530. The van der Waals surface area contributed by atoms with Crippen LogP contribution in [-0.4, -0.2) is 36.6 Å². The second-order valence-corrected chi connectivity index (χ2v) is 6.83. The summed E-state index contributed by atoms with van der Waals surface area (Å²) in [6.07, 6.45) is 3.18.